The quantitative estimate of drug-likeness (QED) is 0.715. The van der Waals surface area contributed by atoms with Crippen LogP contribution < -0.4 is 16.2 Å². The van der Waals surface area contributed by atoms with Crippen LogP contribution >= 0.6 is 0 Å². The van der Waals surface area contributed by atoms with Crippen LogP contribution in [0.2, 0.25) is 0 Å². The maximum atomic E-state index is 12.2. The van der Waals surface area contributed by atoms with Gasteiger partial charge in [0.25, 0.3) is 5.91 Å². The minimum absolute atomic E-state index is 0.230. The number of imidazole rings is 1. The van der Waals surface area contributed by atoms with Gasteiger partial charge in [0.15, 0.2) is 6.61 Å². The molecule has 0 saturated heterocycles. The van der Waals surface area contributed by atoms with Gasteiger partial charge in [0, 0.05) is 5.69 Å². The van der Waals surface area contributed by atoms with E-state index in [2.05, 4.69) is 4.98 Å². The number of nitrogen functional groups attached to an aromatic ring is 1. The largest absolute Gasteiger partial charge is 0.484 e. The number of nitrogens with two attached hydrogens (primary N) is 1. The van der Waals surface area contributed by atoms with Crippen LogP contribution in [0.1, 0.15) is 4.79 Å². The summed E-state index contributed by atoms with van der Waals surface area (Å²) in [5.41, 5.74) is 6.68. The fraction of sp³-hybridized carbons (Fsp3) is 0.0667. The lowest BCUT2D eigenvalue weighted by Crippen LogP contribution is -2.28. The predicted octanol–water partition coefficient (Wildman–Crippen LogP) is 1.63. The van der Waals surface area contributed by atoms with Crippen LogP contribution in [-0.2, 0) is 0 Å². The number of benzene rings is 2. The van der Waals surface area contributed by atoms with E-state index in [1.165, 1.54) is 0 Å². The number of hydrogen-bond donors (Lipinski definition) is 2. The molecule has 6 heteroatoms. The molecule has 0 atom stereocenters. The summed E-state index contributed by atoms with van der Waals surface area (Å²) in [4.78, 5) is 26.7. The molecule has 0 aliphatic heterocycles. The highest BCUT2D eigenvalue weighted by atomic mass is 16.5. The van der Waals surface area contributed by atoms with Crippen molar-refractivity contribution >= 4 is 22.6 Å². The van der Waals surface area contributed by atoms with E-state index in [-0.39, 0.29) is 6.61 Å². The van der Waals surface area contributed by atoms with Crippen molar-refractivity contribution in [1.82, 2.24) is 9.55 Å². The molecule has 0 bridgehead atoms. The van der Waals surface area contributed by atoms with Crippen molar-refractivity contribution in [3.05, 3.63) is 59.0 Å². The topological polar surface area (TPSA) is 90.1 Å². The third-order valence-electron chi connectivity index (χ3n) is 3.06. The Morgan fingerprint density at radius 1 is 1.19 bits per heavy atom. The maximum absolute atomic E-state index is 12.2. The summed E-state index contributed by atoms with van der Waals surface area (Å²) < 4.78 is 6.41. The van der Waals surface area contributed by atoms with Crippen molar-refractivity contribution in [1.29, 1.82) is 0 Å². The SMILES string of the molecule is Nc1ccc2[nH]c(=O)n(C(=O)COc3ccccc3)c2c1. The number of carbonyl (C=O) groups is 1. The zero-order valence-electron chi connectivity index (χ0n) is 11.1. The van der Waals surface area contributed by atoms with Crippen LogP contribution in [0.15, 0.2) is 53.3 Å². The van der Waals surface area contributed by atoms with Crippen molar-refractivity contribution in [2.45, 2.75) is 0 Å². The first kappa shape index (κ1) is 13.0. The Labute approximate surface area is 119 Å². The van der Waals surface area contributed by atoms with Crippen molar-refractivity contribution in [3.8, 4) is 5.75 Å². The Morgan fingerprint density at radius 2 is 1.95 bits per heavy atom. The number of nitrogens with one attached hydrogen (secondary N) is 1. The summed E-state index contributed by atoms with van der Waals surface area (Å²) >= 11 is 0. The number of aromatic nitrogens is 2. The molecular weight excluding hydrogens is 270 g/mol. The number of H-pyrrole nitrogens is 1. The fourth-order valence-electron chi connectivity index (χ4n) is 2.09. The van der Waals surface area contributed by atoms with E-state index in [0.29, 0.717) is 22.5 Å². The first-order valence-electron chi connectivity index (χ1n) is 6.36. The molecule has 3 N–H and O–H groups in total. The van der Waals surface area contributed by atoms with Crippen LogP contribution in [0.5, 0.6) is 5.75 Å². The molecule has 3 aromatic rings. The molecule has 0 saturated carbocycles. The number of ether oxygens (including phenoxy) is 1. The minimum Gasteiger partial charge on any atom is -0.484 e. The van der Waals surface area contributed by atoms with Crippen LogP contribution in [0.4, 0.5) is 5.69 Å². The number of para-hydroxylation sites is 1. The van der Waals surface area contributed by atoms with Crippen LogP contribution in [0.25, 0.3) is 11.0 Å². The summed E-state index contributed by atoms with van der Waals surface area (Å²) in [6.45, 7) is -0.230. The standard InChI is InChI=1S/C15H13N3O3/c16-10-6-7-12-13(8-10)18(15(20)17-12)14(19)9-21-11-4-2-1-3-5-11/h1-8H,9,16H2,(H,17,20). The Hall–Kier alpha value is -3.02. The molecule has 0 spiro atoms. The molecule has 1 heterocycles. The van der Waals surface area contributed by atoms with E-state index in [1.807, 2.05) is 6.07 Å². The second-order valence-electron chi connectivity index (χ2n) is 4.54. The van der Waals surface area contributed by atoms with E-state index in [0.717, 1.165) is 4.57 Å². The van der Waals surface area contributed by atoms with Crippen LogP contribution in [0, 0.1) is 0 Å². The van der Waals surface area contributed by atoms with E-state index in [4.69, 9.17) is 10.5 Å². The summed E-state index contributed by atoms with van der Waals surface area (Å²) in [6, 6.07) is 13.8. The van der Waals surface area contributed by atoms with Gasteiger partial charge in [0.2, 0.25) is 0 Å². The monoisotopic (exact) mass is 283 g/mol. The van der Waals surface area contributed by atoms with Gasteiger partial charge in [-0.3, -0.25) is 4.79 Å². The molecular formula is C15H13N3O3. The third-order valence-corrected chi connectivity index (χ3v) is 3.06. The lowest BCUT2D eigenvalue weighted by Gasteiger charge is -2.06. The van der Waals surface area contributed by atoms with Gasteiger partial charge in [-0.1, -0.05) is 18.2 Å². The Balaban J connectivity index is 1.89. The number of anilines is 1. The molecule has 0 fully saturated rings. The van der Waals surface area contributed by atoms with Gasteiger partial charge in [-0.25, -0.2) is 9.36 Å². The smallest absolute Gasteiger partial charge is 0.333 e. The highest BCUT2D eigenvalue weighted by Crippen LogP contribution is 2.14. The average molecular weight is 283 g/mol. The number of carbonyl (C=O) groups excluding carboxylic acids is 1. The zero-order chi connectivity index (χ0) is 14.8. The second kappa shape index (κ2) is 5.16. The fourth-order valence-corrected chi connectivity index (χ4v) is 2.09. The highest BCUT2D eigenvalue weighted by Gasteiger charge is 2.14. The molecule has 3 rings (SSSR count). The number of nitrogens with zero attached hydrogens (tertiary/aromatic N) is 1. The molecule has 2 aromatic carbocycles. The van der Waals surface area contributed by atoms with E-state index in [9.17, 15) is 9.59 Å². The molecule has 21 heavy (non-hydrogen) atoms. The van der Waals surface area contributed by atoms with Gasteiger partial charge >= 0.3 is 5.69 Å². The van der Waals surface area contributed by atoms with Gasteiger partial charge < -0.3 is 15.5 Å². The van der Waals surface area contributed by atoms with Crippen molar-refractivity contribution in [2.75, 3.05) is 12.3 Å². The Kier molecular flexibility index (Phi) is 3.19. The molecule has 0 radical (unpaired) electrons. The van der Waals surface area contributed by atoms with E-state index in [1.54, 1.807) is 42.5 Å². The molecule has 1 aromatic heterocycles. The molecule has 6 nitrogen and oxygen atoms in total. The van der Waals surface area contributed by atoms with Crippen molar-refractivity contribution in [3.63, 3.8) is 0 Å². The van der Waals surface area contributed by atoms with Gasteiger partial charge in [0.1, 0.15) is 5.75 Å². The maximum Gasteiger partial charge on any atom is 0.333 e. The molecule has 0 aliphatic carbocycles. The molecule has 0 amide bonds. The predicted molar refractivity (Wildman–Crippen MR) is 79.5 cm³/mol. The van der Waals surface area contributed by atoms with Crippen molar-refractivity contribution < 1.29 is 9.53 Å². The summed E-state index contributed by atoms with van der Waals surface area (Å²) in [6.07, 6.45) is 0. The number of aromatic amines is 1. The second-order valence-corrected chi connectivity index (χ2v) is 4.54. The minimum atomic E-state index is -0.503. The Morgan fingerprint density at radius 3 is 2.71 bits per heavy atom. The zero-order valence-corrected chi connectivity index (χ0v) is 11.1. The first-order chi connectivity index (χ1) is 10.1. The number of rotatable bonds is 3. The Bertz CT molecular complexity index is 849. The van der Waals surface area contributed by atoms with Crippen molar-refractivity contribution in [2.24, 2.45) is 0 Å². The summed E-state index contributed by atoms with van der Waals surface area (Å²) in [7, 11) is 0. The summed E-state index contributed by atoms with van der Waals surface area (Å²) in [5.74, 6) is 0.110. The van der Waals surface area contributed by atoms with Gasteiger partial charge in [-0.05, 0) is 30.3 Å². The average Bonchev–Trinajstić information content (AvgIpc) is 2.81. The number of hydrogen-bond acceptors (Lipinski definition) is 4. The van der Waals surface area contributed by atoms with Gasteiger partial charge in [-0.2, -0.15) is 0 Å². The lowest BCUT2D eigenvalue weighted by atomic mass is 10.3. The number of fused-ring (bicyclic) bond motifs is 1. The molecule has 106 valence electrons. The normalized spacial score (nSPS) is 10.7. The third kappa shape index (κ3) is 2.51. The first-order valence-corrected chi connectivity index (χ1v) is 6.36. The van der Waals surface area contributed by atoms with Crippen LogP contribution in [-0.4, -0.2) is 22.1 Å². The van der Waals surface area contributed by atoms with E-state index >= 15 is 0 Å². The summed E-state index contributed by atoms with van der Waals surface area (Å²) in [5, 5.41) is 0. The lowest BCUT2D eigenvalue weighted by molar-refractivity contribution is 0.0839. The van der Waals surface area contributed by atoms with Gasteiger partial charge in [0.05, 0.1) is 11.0 Å². The van der Waals surface area contributed by atoms with Gasteiger partial charge in [-0.15, -0.1) is 0 Å². The molecule has 0 unspecified atom stereocenters. The van der Waals surface area contributed by atoms with Crippen LogP contribution in [0.3, 0.4) is 0 Å². The van der Waals surface area contributed by atoms with E-state index < -0.39 is 11.6 Å². The molecule has 0 aliphatic rings. The highest BCUT2D eigenvalue weighted by molar-refractivity contribution is 5.92.